The molecule has 4 rings (SSSR count). The molecule has 3 aromatic rings. The average molecular weight is 404 g/mol. The van der Waals surface area contributed by atoms with E-state index in [4.69, 9.17) is 9.15 Å². The van der Waals surface area contributed by atoms with Crippen LogP contribution in [0.5, 0.6) is 5.75 Å². The minimum atomic E-state index is -1.26. The zero-order valence-corrected chi connectivity index (χ0v) is 17.5. The zero-order valence-electron chi connectivity index (χ0n) is 17.5. The van der Waals surface area contributed by atoms with E-state index < -0.39 is 5.54 Å². The van der Waals surface area contributed by atoms with Crippen LogP contribution in [0.25, 0.3) is 0 Å². The number of carbonyl (C=O) groups excluding carboxylic acids is 2. The van der Waals surface area contributed by atoms with E-state index in [1.165, 1.54) is 4.90 Å². The molecule has 1 N–H and O–H groups in total. The second-order valence-corrected chi connectivity index (χ2v) is 7.60. The molecule has 154 valence electrons. The molecule has 0 aliphatic carbocycles. The summed E-state index contributed by atoms with van der Waals surface area (Å²) in [7, 11) is 1.58. The molecule has 1 aliphatic rings. The summed E-state index contributed by atoms with van der Waals surface area (Å²) < 4.78 is 11.1. The van der Waals surface area contributed by atoms with E-state index in [0.717, 1.165) is 16.8 Å². The summed E-state index contributed by atoms with van der Waals surface area (Å²) in [6, 6.07) is 16.5. The fraction of sp³-hybridized carbons (Fsp3) is 0.250. The van der Waals surface area contributed by atoms with Crippen molar-refractivity contribution in [1.82, 2.24) is 0 Å². The van der Waals surface area contributed by atoms with Crippen LogP contribution >= 0.6 is 0 Å². The van der Waals surface area contributed by atoms with Gasteiger partial charge < -0.3 is 14.5 Å². The first kappa shape index (κ1) is 19.8. The lowest BCUT2D eigenvalue weighted by Gasteiger charge is -2.49. The maximum Gasteiger partial charge on any atom is 0.259 e. The fourth-order valence-electron chi connectivity index (χ4n) is 3.97. The van der Waals surface area contributed by atoms with Crippen LogP contribution in [-0.2, 0) is 15.1 Å². The van der Waals surface area contributed by atoms with Gasteiger partial charge in [-0.2, -0.15) is 0 Å². The highest BCUT2D eigenvalue weighted by Gasteiger charge is 2.60. The van der Waals surface area contributed by atoms with E-state index in [1.807, 2.05) is 39.0 Å². The van der Waals surface area contributed by atoms with Crippen molar-refractivity contribution >= 4 is 23.2 Å². The van der Waals surface area contributed by atoms with E-state index in [-0.39, 0.29) is 18.2 Å². The smallest absolute Gasteiger partial charge is 0.259 e. The second-order valence-electron chi connectivity index (χ2n) is 7.60. The average Bonchev–Trinajstić information content (AvgIpc) is 3.15. The summed E-state index contributed by atoms with van der Waals surface area (Å²) in [6.07, 6.45) is 0.0305. The number of hydrogen-bond donors (Lipinski definition) is 1. The van der Waals surface area contributed by atoms with Crippen LogP contribution in [0.15, 0.2) is 59.0 Å². The lowest BCUT2D eigenvalue weighted by atomic mass is 9.79. The van der Waals surface area contributed by atoms with Gasteiger partial charge in [-0.1, -0.05) is 18.2 Å². The van der Waals surface area contributed by atoms with Gasteiger partial charge in [0.15, 0.2) is 5.54 Å². The molecular weight excluding hydrogens is 380 g/mol. The maximum absolute atomic E-state index is 13.7. The van der Waals surface area contributed by atoms with Gasteiger partial charge in [0.2, 0.25) is 5.91 Å². The van der Waals surface area contributed by atoms with Crippen molar-refractivity contribution in [2.75, 3.05) is 17.3 Å². The van der Waals surface area contributed by atoms with Crippen molar-refractivity contribution < 1.29 is 18.7 Å². The summed E-state index contributed by atoms with van der Waals surface area (Å²) in [6.45, 7) is 5.71. The van der Waals surface area contributed by atoms with Gasteiger partial charge in [0.25, 0.3) is 5.91 Å². The number of anilines is 2. The Balaban J connectivity index is 1.79. The van der Waals surface area contributed by atoms with E-state index in [2.05, 4.69) is 5.32 Å². The monoisotopic (exact) mass is 404 g/mol. The van der Waals surface area contributed by atoms with Gasteiger partial charge in [-0.3, -0.25) is 14.5 Å². The zero-order chi connectivity index (χ0) is 21.5. The molecular formula is C24H24N2O4. The SMILES string of the molecule is COc1ccc(N2C(=O)C[C@]2(C(=O)Nc2c(C)cccc2C)c2ccc(C)o2)cc1. The van der Waals surface area contributed by atoms with Crippen LogP contribution in [0, 0.1) is 20.8 Å². The summed E-state index contributed by atoms with van der Waals surface area (Å²) in [4.78, 5) is 27.9. The molecule has 1 fully saturated rings. The molecule has 6 nitrogen and oxygen atoms in total. The molecule has 2 amide bonds. The Bertz CT molecular complexity index is 1100. The molecule has 0 radical (unpaired) electrons. The van der Waals surface area contributed by atoms with Gasteiger partial charge >= 0.3 is 0 Å². The second kappa shape index (κ2) is 7.37. The highest BCUT2D eigenvalue weighted by molar-refractivity contribution is 6.16. The van der Waals surface area contributed by atoms with Gasteiger partial charge in [0.05, 0.1) is 13.5 Å². The lowest BCUT2D eigenvalue weighted by Crippen LogP contribution is -2.67. The van der Waals surface area contributed by atoms with Crippen LogP contribution in [0.4, 0.5) is 11.4 Å². The van der Waals surface area contributed by atoms with Crippen LogP contribution in [0.2, 0.25) is 0 Å². The number of nitrogens with zero attached hydrogens (tertiary/aromatic N) is 1. The number of β-lactam (4-membered cyclic amide) rings is 1. The van der Waals surface area contributed by atoms with E-state index >= 15 is 0 Å². The number of rotatable bonds is 5. The van der Waals surface area contributed by atoms with Crippen molar-refractivity contribution in [2.45, 2.75) is 32.7 Å². The Hall–Kier alpha value is -3.54. The quantitative estimate of drug-likeness (QED) is 0.636. The molecule has 2 aromatic carbocycles. The Morgan fingerprint density at radius 1 is 1.03 bits per heavy atom. The van der Waals surface area contributed by atoms with Gasteiger partial charge in [0.1, 0.15) is 17.3 Å². The third-order valence-corrected chi connectivity index (χ3v) is 5.61. The molecule has 0 unspecified atom stereocenters. The van der Waals surface area contributed by atoms with Crippen molar-refractivity contribution in [2.24, 2.45) is 0 Å². The van der Waals surface area contributed by atoms with E-state index in [1.54, 1.807) is 43.5 Å². The van der Waals surface area contributed by atoms with Gasteiger partial charge in [-0.25, -0.2) is 0 Å². The first-order valence-electron chi connectivity index (χ1n) is 9.78. The third-order valence-electron chi connectivity index (χ3n) is 5.61. The van der Waals surface area contributed by atoms with Gasteiger partial charge in [0, 0.05) is 11.4 Å². The lowest BCUT2D eigenvalue weighted by molar-refractivity contribution is -0.138. The Morgan fingerprint density at radius 3 is 2.23 bits per heavy atom. The fourth-order valence-corrected chi connectivity index (χ4v) is 3.97. The van der Waals surface area contributed by atoms with Crippen LogP contribution in [-0.4, -0.2) is 18.9 Å². The molecule has 1 aromatic heterocycles. The maximum atomic E-state index is 13.7. The van der Waals surface area contributed by atoms with E-state index in [9.17, 15) is 9.59 Å². The standard InChI is InChI=1S/C24H24N2O4/c1-15-6-5-7-16(2)22(15)25-23(28)24(20-13-8-17(3)30-20)14-21(27)26(24)18-9-11-19(29-4)12-10-18/h5-13H,14H2,1-4H3,(H,25,28)/t24-/m1/s1. The van der Waals surface area contributed by atoms with E-state index in [0.29, 0.717) is 23.0 Å². The normalized spacial score (nSPS) is 18.1. The number of methoxy groups -OCH3 is 1. The number of benzene rings is 2. The molecule has 1 atom stereocenters. The van der Waals surface area contributed by atoms with Gasteiger partial charge in [-0.15, -0.1) is 0 Å². The van der Waals surface area contributed by atoms with Crippen molar-refractivity contribution in [3.05, 3.63) is 77.2 Å². The number of hydrogen-bond acceptors (Lipinski definition) is 4. The van der Waals surface area contributed by atoms with Crippen LogP contribution in [0.3, 0.4) is 0 Å². The number of aryl methyl sites for hydroxylation is 3. The largest absolute Gasteiger partial charge is 0.497 e. The highest BCUT2D eigenvalue weighted by Crippen LogP contribution is 2.46. The third kappa shape index (κ3) is 3.05. The number of furan rings is 1. The van der Waals surface area contributed by atoms with Crippen molar-refractivity contribution in [3.63, 3.8) is 0 Å². The number of nitrogens with one attached hydrogen (secondary N) is 1. The number of amides is 2. The number of carbonyl (C=O) groups is 2. The van der Waals surface area contributed by atoms with Crippen LogP contribution in [0.1, 0.15) is 29.1 Å². The molecule has 0 saturated carbocycles. The molecule has 0 bridgehead atoms. The molecule has 1 aliphatic heterocycles. The first-order chi connectivity index (χ1) is 14.4. The van der Waals surface area contributed by atoms with Crippen molar-refractivity contribution in [1.29, 1.82) is 0 Å². The van der Waals surface area contributed by atoms with Crippen molar-refractivity contribution in [3.8, 4) is 5.75 Å². The number of para-hydroxylation sites is 1. The predicted octanol–water partition coefficient (Wildman–Crippen LogP) is 4.48. The molecule has 1 saturated heterocycles. The molecule has 6 heteroatoms. The predicted molar refractivity (Wildman–Crippen MR) is 115 cm³/mol. The summed E-state index contributed by atoms with van der Waals surface area (Å²) in [5, 5.41) is 3.05. The summed E-state index contributed by atoms with van der Waals surface area (Å²) in [5.41, 5.74) is 2.01. The molecule has 0 spiro atoms. The minimum absolute atomic E-state index is 0.0305. The minimum Gasteiger partial charge on any atom is -0.497 e. The Labute approximate surface area is 175 Å². The molecule has 2 heterocycles. The first-order valence-corrected chi connectivity index (χ1v) is 9.78. The highest BCUT2D eigenvalue weighted by atomic mass is 16.5. The Kier molecular flexibility index (Phi) is 4.86. The summed E-state index contributed by atoms with van der Waals surface area (Å²) >= 11 is 0. The van der Waals surface area contributed by atoms with Gasteiger partial charge in [-0.05, 0) is 68.3 Å². The number of ether oxygens (including phenoxy) is 1. The topological polar surface area (TPSA) is 71.8 Å². The molecule has 30 heavy (non-hydrogen) atoms. The summed E-state index contributed by atoms with van der Waals surface area (Å²) in [5.74, 6) is 1.35. The van der Waals surface area contributed by atoms with Crippen LogP contribution < -0.4 is 15.0 Å². The Morgan fingerprint density at radius 2 is 1.70 bits per heavy atom.